The Morgan fingerprint density at radius 3 is 2.80 bits per heavy atom. The third kappa shape index (κ3) is 4.62. The molecule has 0 bridgehead atoms. The van der Waals surface area contributed by atoms with Gasteiger partial charge < -0.3 is 14.8 Å². The first-order valence-electron chi connectivity index (χ1n) is 10.1. The Bertz CT molecular complexity index is 786. The van der Waals surface area contributed by atoms with Gasteiger partial charge in [-0.15, -0.1) is 0 Å². The molecule has 3 rings (SSSR count). The molecule has 1 N–H and O–H groups in total. The lowest BCUT2D eigenvalue weighted by Crippen LogP contribution is -2.57. The predicted molar refractivity (Wildman–Crippen MR) is 103 cm³/mol. The first kappa shape index (κ1) is 22.6. The van der Waals surface area contributed by atoms with Crippen LogP contribution in [0.15, 0.2) is 24.3 Å². The Balaban J connectivity index is 1.93. The highest BCUT2D eigenvalue weighted by molar-refractivity contribution is 5.98. The van der Waals surface area contributed by atoms with Gasteiger partial charge in [-0.2, -0.15) is 13.2 Å². The van der Waals surface area contributed by atoms with Crippen LogP contribution in [-0.2, 0) is 20.4 Å². The van der Waals surface area contributed by atoms with Crippen molar-refractivity contribution in [1.29, 1.82) is 0 Å². The van der Waals surface area contributed by atoms with Crippen molar-refractivity contribution in [1.82, 2.24) is 10.2 Å². The second-order valence-electron chi connectivity index (χ2n) is 8.01. The predicted octanol–water partition coefficient (Wildman–Crippen LogP) is 3.22. The van der Waals surface area contributed by atoms with Crippen LogP contribution in [0.25, 0.3) is 0 Å². The van der Waals surface area contributed by atoms with Crippen LogP contribution < -0.4 is 5.32 Å². The van der Waals surface area contributed by atoms with Crippen LogP contribution in [0.3, 0.4) is 0 Å². The van der Waals surface area contributed by atoms with Gasteiger partial charge in [0.25, 0.3) is 5.91 Å². The fourth-order valence-corrected chi connectivity index (χ4v) is 4.37. The average Bonchev–Trinajstić information content (AvgIpc) is 3.05. The maximum Gasteiger partial charge on any atom is 0.416 e. The summed E-state index contributed by atoms with van der Waals surface area (Å²) in [6.45, 7) is 2.63. The molecule has 2 fully saturated rings. The lowest BCUT2D eigenvalue weighted by atomic mass is 9.83. The third-order valence-corrected chi connectivity index (χ3v) is 5.76. The summed E-state index contributed by atoms with van der Waals surface area (Å²) in [6, 6.07) is 3.40. The van der Waals surface area contributed by atoms with Crippen molar-refractivity contribution in [3.05, 3.63) is 35.4 Å². The van der Waals surface area contributed by atoms with E-state index in [0.29, 0.717) is 19.4 Å². The minimum Gasteiger partial charge on any atom is -0.383 e. The third-order valence-electron chi connectivity index (χ3n) is 5.76. The van der Waals surface area contributed by atoms with Crippen molar-refractivity contribution >= 4 is 11.8 Å². The Morgan fingerprint density at radius 2 is 2.13 bits per heavy atom. The van der Waals surface area contributed by atoms with Gasteiger partial charge in [0.1, 0.15) is 11.8 Å². The second-order valence-corrected chi connectivity index (χ2v) is 8.01. The molecule has 0 aromatic heterocycles. The van der Waals surface area contributed by atoms with Gasteiger partial charge in [0.2, 0.25) is 5.91 Å². The number of hydrogen-bond donors (Lipinski definition) is 1. The molecule has 1 heterocycles. The number of carbonyl (C=O) groups is 2. The molecule has 1 saturated carbocycles. The van der Waals surface area contributed by atoms with Crippen molar-refractivity contribution in [2.45, 2.75) is 50.6 Å². The van der Waals surface area contributed by atoms with E-state index in [0.717, 1.165) is 25.0 Å². The average molecular weight is 428 g/mol. The lowest BCUT2D eigenvalue weighted by molar-refractivity contribution is -0.137. The minimum atomic E-state index is -4.56. The van der Waals surface area contributed by atoms with E-state index >= 15 is 0 Å². The van der Waals surface area contributed by atoms with Crippen LogP contribution in [0, 0.1) is 5.92 Å². The maximum absolute atomic E-state index is 13.4. The van der Waals surface area contributed by atoms with E-state index in [-0.39, 0.29) is 24.6 Å². The van der Waals surface area contributed by atoms with E-state index < -0.39 is 35.3 Å². The van der Waals surface area contributed by atoms with Crippen LogP contribution in [0.2, 0.25) is 0 Å². The van der Waals surface area contributed by atoms with Crippen LogP contribution >= 0.6 is 0 Å². The number of alkyl halides is 3. The Labute approximate surface area is 173 Å². The van der Waals surface area contributed by atoms with Crippen molar-refractivity contribution in [3.8, 4) is 0 Å². The quantitative estimate of drug-likeness (QED) is 0.732. The number of ether oxygens (including phenoxy) is 2. The summed E-state index contributed by atoms with van der Waals surface area (Å²) in [6.07, 6.45) is -1.69. The molecule has 3 atom stereocenters. The fraction of sp³-hybridized carbons (Fsp3) is 0.619. The number of methoxy groups -OCH3 is 1. The Kier molecular flexibility index (Phi) is 6.71. The molecule has 6 nitrogen and oxygen atoms in total. The van der Waals surface area contributed by atoms with Gasteiger partial charge >= 0.3 is 6.18 Å². The van der Waals surface area contributed by atoms with E-state index in [1.165, 1.54) is 24.1 Å². The molecule has 2 aliphatic rings. The van der Waals surface area contributed by atoms with Gasteiger partial charge in [0.05, 0.1) is 18.8 Å². The zero-order valence-electron chi connectivity index (χ0n) is 17.1. The number of halogens is 3. The topological polar surface area (TPSA) is 67.9 Å². The van der Waals surface area contributed by atoms with Gasteiger partial charge in [-0.25, -0.2) is 0 Å². The Hall–Kier alpha value is -2.13. The van der Waals surface area contributed by atoms with Gasteiger partial charge in [-0.3, -0.25) is 14.5 Å². The number of amides is 2. The minimum absolute atomic E-state index is 0.0102. The van der Waals surface area contributed by atoms with Gasteiger partial charge in [-0.05, 0) is 43.4 Å². The van der Waals surface area contributed by atoms with E-state index in [1.54, 1.807) is 0 Å². The smallest absolute Gasteiger partial charge is 0.383 e. The molecule has 2 amide bonds. The molecule has 0 radical (unpaired) electrons. The Morgan fingerprint density at radius 1 is 1.37 bits per heavy atom. The summed E-state index contributed by atoms with van der Waals surface area (Å²) in [4.78, 5) is 27.6. The molecular formula is C21H27F3N2O4. The fourth-order valence-electron chi connectivity index (χ4n) is 4.37. The highest BCUT2D eigenvalue weighted by atomic mass is 19.4. The zero-order valence-corrected chi connectivity index (χ0v) is 17.1. The molecule has 1 spiro atoms. The van der Waals surface area contributed by atoms with Crippen molar-refractivity contribution in [2.75, 3.05) is 26.9 Å². The summed E-state index contributed by atoms with van der Waals surface area (Å²) in [5, 5.41) is 2.71. The van der Waals surface area contributed by atoms with Crippen LogP contribution in [0.1, 0.15) is 48.5 Å². The number of hydrogen-bond acceptors (Lipinski definition) is 4. The summed E-state index contributed by atoms with van der Waals surface area (Å²) >= 11 is 0. The van der Waals surface area contributed by atoms with Crippen molar-refractivity contribution in [3.63, 3.8) is 0 Å². The highest BCUT2D eigenvalue weighted by Gasteiger charge is 2.54. The molecule has 166 valence electrons. The maximum atomic E-state index is 13.4. The molecule has 1 aromatic carbocycles. The van der Waals surface area contributed by atoms with E-state index in [1.807, 2.05) is 6.92 Å². The van der Waals surface area contributed by atoms with Gasteiger partial charge in [-0.1, -0.05) is 19.4 Å². The molecule has 1 aliphatic heterocycles. The van der Waals surface area contributed by atoms with Gasteiger partial charge in [0.15, 0.2) is 0 Å². The van der Waals surface area contributed by atoms with Crippen molar-refractivity contribution in [2.24, 2.45) is 5.92 Å². The van der Waals surface area contributed by atoms with Crippen molar-refractivity contribution < 1.29 is 32.2 Å². The van der Waals surface area contributed by atoms with E-state index in [9.17, 15) is 22.8 Å². The number of nitrogens with one attached hydrogen (secondary N) is 1. The first-order valence-corrected chi connectivity index (χ1v) is 10.1. The summed E-state index contributed by atoms with van der Waals surface area (Å²) in [5.41, 5.74) is -1.99. The van der Waals surface area contributed by atoms with E-state index in [4.69, 9.17) is 9.47 Å². The van der Waals surface area contributed by atoms with Crippen LogP contribution in [-0.4, -0.2) is 55.3 Å². The molecule has 1 saturated heterocycles. The SMILES string of the molecule is COCCNC(=O)C1COC2(CCCC(C)C2)N1C(=O)c1cccc(C(F)(F)F)c1. The number of rotatable bonds is 5. The number of carbonyl (C=O) groups excluding carboxylic acids is 2. The molecule has 1 aliphatic carbocycles. The zero-order chi connectivity index (χ0) is 21.9. The number of nitrogens with zero attached hydrogens (tertiary/aromatic N) is 1. The van der Waals surface area contributed by atoms with Crippen LogP contribution in [0.4, 0.5) is 13.2 Å². The number of benzene rings is 1. The first-order chi connectivity index (χ1) is 14.2. The second kappa shape index (κ2) is 8.93. The van der Waals surface area contributed by atoms with E-state index in [2.05, 4.69) is 5.32 Å². The normalized spacial score (nSPS) is 26.8. The van der Waals surface area contributed by atoms with Gasteiger partial charge in [0, 0.05) is 19.2 Å². The molecule has 30 heavy (non-hydrogen) atoms. The standard InChI is InChI=1S/C21H27F3N2O4/c1-14-5-4-8-20(12-14)26(17(13-30-20)18(27)25-9-10-29-2)19(28)15-6-3-7-16(11-15)21(22,23)24/h3,6-7,11,14,17H,4-5,8-10,12-13H2,1-2H3,(H,25,27). The molecule has 1 aromatic rings. The summed E-state index contributed by atoms with van der Waals surface area (Å²) in [7, 11) is 1.51. The highest BCUT2D eigenvalue weighted by Crippen LogP contribution is 2.43. The van der Waals surface area contributed by atoms with Crippen LogP contribution in [0.5, 0.6) is 0 Å². The largest absolute Gasteiger partial charge is 0.416 e. The molecule has 3 unspecified atom stereocenters. The molecular weight excluding hydrogens is 401 g/mol. The summed E-state index contributed by atoms with van der Waals surface area (Å²) in [5.74, 6) is -0.757. The lowest BCUT2D eigenvalue weighted by Gasteiger charge is -2.43. The monoisotopic (exact) mass is 428 g/mol. The molecule has 9 heteroatoms. The summed E-state index contributed by atoms with van der Waals surface area (Å²) < 4.78 is 50.5.